The predicted octanol–water partition coefficient (Wildman–Crippen LogP) is 0.0362. The second-order valence-electron chi connectivity index (χ2n) is 5.43. The van der Waals surface area contributed by atoms with Gasteiger partial charge in [0.05, 0.1) is 11.4 Å². The van der Waals surface area contributed by atoms with E-state index in [0.717, 1.165) is 0 Å². The maximum atomic E-state index is 12.5. The summed E-state index contributed by atoms with van der Waals surface area (Å²) in [5, 5.41) is 13.2. The minimum Gasteiger partial charge on any atom is -0.480 e. The van der Waals surface area contributed by atoms with Gasteiger partial charge in [0.25, 0.3) is 5.91 Å². The second-order valence-corrected chi connectivity index (χ2v) is 7.37. The van der Waals surface area contributed by atoms with Gasteiger partial charge in [-0.2, -0.15) is 4.31 Å². The van der Waals surface area contributed by atoms with E-state index in [2.05, 4.69) is 10.6 Å². The van der Waals surface area contributed by atoms with Crippen LogP contribution in [0.3, 0.4) is 0 Å². The van der Waals surface area contributed by atoms with Crippen LogP contribution in [0.2, 0.25) is 0 Å². The molecule has 0 unspecified atom stereocenters. The van der Waals surface area contributed by atoms with Crippen LogP contribution in [0.15, 0.2) is 29.2 Å². The number of carbonyl (C=O) groups is 3. The first-order chi connectivity index (χ1) is 12.1. The number of carboxylic acid groups (broad SMARTS) is 1. The zero-order chi connectivity index (χ0) is 19.9. The van der Waals surface area contributed by atoms with Crippen molar-refractivity contribution in [2.75, 3.05) is 19.6 Å². The predicted molar refractivity (Wildman–Crippen MR) is 94.1 cm³/mol. The van der Waals surface area contributed by atoms with Gasteiger partial charge in [-0.25, -0.2) is 8.42 Å². The average molecular weight is 385 g/mol. The minimum atomic E-state index is -3.71. The molecule has 0 saturated heterocycles. The molecule has 3 N–H and O–H groups in total. The Morgan fingerprint density at radius 1 is 1.19 bits per heavy atom. The molecule has 0 bridgehead atoms. The number of aliphatic carboxylic acids is 1. The summed E-state index contributed by atoms with van der Waals surface area (Å²) in [7, 11) is -3.71. The molecule has 1 aromatic rings. The van der Waals surface area contributed by atoms with Crippen LogP contribution in [0.25, 0.3) is 0 Å². The highest BCUT2D eigenvalue weighted by atomic mass is 32.2. The molecule has 1 atom stereocenters. The summed E-state index contributed by atoms with van der Waals surface area (Å²) in [6.45, 7) is 4.91. The van der Waals surface area contributed by atoms with Gasteiger partial charge in [0.15, 0.2) is 0 Å². The number of nitrogens with zero attached hydrogens (tertiary/aromatic N) is 1. The molecule has 0 heterocycles. The molecular formula is C16H23N3O6S. The van der Waals surface area contributed by atoms with Gasteiger partial charge < -0.3 is 15.7 Å². The molecule has 0 saturated carbocycles. The number of rotatable bonds is 9. The molecule has 1 aromatic carbocycles. The smallest absolute Gasteiger partial charge is 0.325 e. The lowest BCUT2D eigenvalue weighted by atomic mass is 10.2. The standard InChI is InChI=1S/C16H23N3O6S/c1-4-19(5-2)26(24,25)13-8-6-7-12(9-13)15(21)17-10-14(20)18-11(3)16(22)23/h6-9,11H,4-5,10H2,1-3H3,(H,17,21)(H,18,20)(H,22,23)/t11-/m0/s1. The number of benzene rings is 1. The first-order valence-electron chi connectivity index (χ1n) is 8.04. The lowest BCUT2D eigenvalue weighted by Gasteiger charge is -2.18. The third-order valence-electron chi connectivity index (χ3n) is 3.60. The molecule has 0 radical (unpaired) electrons. The number of amides is 2. The molecule has 0 fully saturated rings. The van der Waals surface area contributed by atoms with Crippen LogP contribution >= 0.6 is 0 Å². The molecule has 144 valence electrons. The average Bonchev–Trinajstić information content (AvgIpc) is 2.60. The van der Waals surface area contributed by atoms with Crippen molar-refractivity contribution in [3.63, 3.8) is 0 Å². The molecule has 1 rings (SSSR count). The summed E-state index contributed by atoms with van der Waals surface area (Å²) in [6, 6.07) is 4.42. The normalized spacial score (nSPS) is 12.5. The number of nitrogens with one attached hydrogen (secondary N) is 2. The second kappa shape index (κ2) is 9.30. The van der Waals surface area contributed by atoms with Crippen molar-refractivity contribution < 1.29 is 27.9 Å². The molecule has 0 aromatic heterocycles. The number of carbonyl (C=O) groups excluding carboxylic acids is 2. The lowest BCUT2D eigenvalue weighted by Crippen LogP contribution is -2.44. The van der Waals surface area contributed by atoms with Crippen molar-refractivity contribution in [3.8, 4) is 0 Å². The zero-order valence-electron chi connectivity index (χ0n) is 14.9. The highest BCUT2D eigenvalue weighted by molar-refractivity contribution is 7.89. The molecular weight excluding hydrogens is 362 g/mol. The van der Waals surface area contributed by atoms with Crippen molar-refractivity contribution in [1.29, 1.82) is 0 Å². The van der Waals surface area contributed by atoms with Gasteiger partial charge in [0.2, 0.25) is 15.9 Å². The minimum absolute atomic E-state index is 0.0159. The number of hydrogen-bond donors (Lipinski definition) is 3. The summed E-state index contributed by atoms with van der Waals surface area (Å²) in [6.07, 6.45) is 0. The zero-order valence-corrected chi connectivity index (χ0v) is 15.7. The van der Waals surface area contributed by atoms with E-state index in [9.17, 15) is 22.8 Å². The van der Waals surface area contributed by atoms with Crippen LogP contribution in [0, 0.1) is 0 Å². The van der Waals surface area contributed by atoms with Gasteiger partial charge in [-0.15, -0.1) is 0 Å². The van der Waals surface area contributed by atoms with Crippen molar-refractivity contribution in [2.24, 2.45) is 0 Å². The molecule has 0 aliphatic heterocycles. The van der Waals surface area contributed by atoms with Crippen LogP contribution in [0.1, 0.15) is 31.1 Å². The van der Waals surface area contributed by atoms with Gasteiger partial charge in [0, 0.05) is 18.7 Å². The molecule has 0 aliphatic rings. The van der Waals surface area contributed by atoms with E-state index in [-0.39, 0.29) is 10.5 Å². The summed E-state index contributed by atoms with van der Waals surface area (Å²) in [5.74, 6) is -2.50. The summed E-state index contributed by atoms with van der Waals surface area (Å²) >= 11 is 0. The van der Waals surface area contributed by atoms with Crippen LogP contribution < -0.4 is 10.6 Å². The van der Waals surface area contributed by atoms with Crippen LogP contribution in [0.5, 0.6) is 0 Å². The highest BCUT2D eigenvalue weighted by Crippen LogP contribution is 2.16. The molecule has 26 heavy (non-hydrogen) atoms. The SMILES string of the molecule is CCN(CC)S(=O)(=O)c1cccc(C(=O)NCC(=O)N[C@@H](C)C(=O)O)c1. The van der Waals surface area contributed by atoms with Gasteiger partial charge >= 0.3 is 5.97 Å². The van der Waals surface area contributed by atoms with Gasteiger partial charge in [-0.3, -0.25) is 14.4 Å². The Balaban J connectivity index is 2.83. The monoisotopic (exact) mass is 385 g/mol. The largest absolute Gasteiger partial charge is 0.480 e. The fourth-order valence-corrected chi connectivity index (χ4v) is 3.63. The first-order valence-corrected chi connectivity index (χ1v) is 9.48. The Morgan fingerprint density at radius 3 is 2.35 bits per heavy atom. The quantitative estimate of drug-likeness (QED) is 0.549. The first kappa shape index (κ1) is 21.6. The van der Waals surface area contributed by atoms with E-state index in [4.69, 9.17) is 5.11 Å². The van der Waals surface area contributed by atoms with E-state index in [0.29, 0.717) is 13.1 Å². The van der Waals surface area contributed by atoms with Crippen LogP contribution in [-0.4, -0.2) is 61.3 Å². The van der Waals surface area contributed by atoms with Crippen LogP contribution in [-0.2, 0) is 19.6 Å². The van der Waals surface area contributed by atoms with Crippen molar-refractivity contribution in [1.82, 2.24) is 14.9 Å². The van der Waals surface area contributed by atoms with Gasteiger partial charge in [0.1, 0.15) is 6.04 Å². The summed E-state index contributed by atoms with van der Waals surface area (Å²) in [4.78, 5) is 34.4. The molecule has 0 aliphatic carbocycles. The Labute approximate surface area is 152 Å². The van der Waals surface area contributed by atoms with Gasteiger partial charge in [-0.1, -0.05) is 19.9 Å². The number of carboxylic acids is 1. The lowest BCUT2D eigenvalue weighted by molar-refractivity contribution is -0.141. The van der Waals surface area contributed by atoms with Gasteiger partial charge in [-0.05, 0) is 25.1 Å². The number of hydrogen-bond acceptors (Lipinski definition) is 5. The van der Waals surface area contributed by atoms with E-state index >= 15 is 0 Å². The molecule has 9 nitrogen and oxygen atoms in total. The Hall–Kier alpha value is -2.46. The third kappa shape index (κ3) is 5.53. The highest BCUT2D eigenvalue weighted by Gasteiger charge is 2.22. The fraction of sp³-hybridized carbons (Fsp3) is 0.438. The van der Waals surface area contributed by atoms with Crippen molar-refractivity contribution >= 4 is 27.8 Å². The Morgan fingerprint density at radius 2 is 1.81 bits per heavy atom. The topological polar surface area (TPSA) is 133 Å². The maximum Gasteiger partial charge on any atom is 0.325 e. The van der Waals surface area contributed by atoms with E-state index in [1.807, 2.05) is 0 Å². The van der Waals surface area contributed by atoms with Crippen LogP contribution in [0.4, 0.5) is 0 Å². The molecule has 2 amide bonds. The Bertz CT molecular complexity index is 774. The van der Waals surface area contributed by atoms with Crippen molar-refractivity contribution in [3.05, 3.63) is 29.8 Å². The molecule has 10 heteroatoms. The fourth-order valence-electron chi connectivity index (χ4n) is 2.13. The van der Waals surface area contributed by atoms with Crippen molar-refractivity contribution in [2.45, 2.75) is 31.7 Å². The summed E-state index contributed by atoms with van der Waals surface area (Å²) in [5.41, 5.74) is 0.0808. The summed E-state index contributed by atoms with van der Waals surface area (Å²) < 4.78 is 26.3. The Kier molecular flexibility index (Phi) is 7.72. The third-order valence-corrected chi connectivity index (χ3v) is 5.64. The van der Waals surface area contributed by atoms with E-state index in [1.54, 1.807) is 13.8 Å². The van der Waals surface area contributed by atoms with E-state index < -0.39 is 40.4 Å². The van der Waals surface area contributed by atoms with E-state index in [1.165, 1.54) is 35.5 Å². The number of sulfonamides is 1. The molecule has 0 spiro atoms. The maximum absolute atomic E-state index is 12.5.